The summed E-state index contributed by atoms with van der Waals surface area (Å²) in [6.45, 7) is 0.390. The highest BCUT2D eigenvalue weighted by Gasteiger charge is 2.12. The highest BCUT2D eigenvalue weighted by Crippen LogP contribution is 2.15. The number of carboxylic acids is 1. The van der Waals surface area contributed by atoms with Crippen LogP contribution >= 0.6 is 15.9 Å². The van der Waals surface area contributed by atoms with Crippen molar-refractivity contribution >= 4 is 27.8 Å². The first-order chi connectivity index (χ1) is 9.97. The first-order valence-electron chi connectivity index (χ1n) is 5.84. The van der Waals surface area contributed by atoms with Crippen LogP contribution in [0, 0.1) is 5.82 Å². The first-order valence-corrected chi connectivity index (χ1v) is 6.63. The van der Waals surface area contributed by atoms with E-state index >= 15 is 0 Å². The molecule has 0 bridgehead atoms. The number of rotatable bonds is 5. The molecule has 2 rings (SSSR count). The Labute approximate surface area is 126 Å². The van der Waals surface area contributed by atoms with E-state index in [2.05, 4.69) is 31.6 Å². The molecule has 1 aromatic heterocycles. The number of aromatic nitrogens is 3. The van der Waals surface area contributed by atoms with E-state index in [4.69, 9.17) is 5.11 Å². The fourth-order valence-corrected chi connectivity index (χ4v) is 1.89. The number of halogens is 2. The molecule has 2 N–H and O–H groups in total. The molecule has 1 heterocycles. The summed E-state index contributed by atoms with van der Waals surface area (Å²) in [5, 5.41) is 18.2. The maximum atomic E-state index is 13.6. The standard InChI is InChI=1S/C12H10BrFN4O3/c13-7-1-2-8(9(14)5-7)11(19)15-3-4-18-6-10(12(20)21)16-17-18/h1-2,5-6H,3-4H2,(H,15,19)(H,20,21). The van der Waals surface area contributed by atoms with Crippen molar-refractivity contribution in [1.29, 1.82) is 0 Å². The molecule has 1 amide bonds. The van der Waals surface area contributed by atoms with E-state index in [1.54, 1.807) is 6.07 Å². The van der Waals surface area contributed by atoms with E-state index in [-0.39, 0.29) is 24.3 Å². The van der Waals surface area contributed by atoms with E-state index in [1.807, 2.05) is 0 Å². The number of hydrogen-bond donors (Lipinski definition) is 2. The molecular weight excluding hydrogens is 347 g/mol. The summed E-state index contributed by atoms with van der Waals surface area (Å²) in [6, 6.07) is 4.13. The monoisotopic (exact) mass is 356 g/mol. The number of carboxylic acid groups (broad SMARTS) is 1. The van der Waals surface area contributed by atoms with Crippen molar-refractivity contribution in [2.24, 2.45) is 0 Å². The molecule has 1 aromatic carbocycles. The molecule has 9 heteroatoms. The first kappa shape index (κ1) is 15.1. The second-order valence-corrected chi connectivity index (χ2v) is 4.97. The highest BCUT2D eigenvalue weighted by molar-refractivity contribution is 9.10. The van der Waals surface area contributed by atoms with Gasteiger partial charge < -0.3 is 10.4 Å². The molecule has 21 heavy (non-hydrogen) atoms. The van der Waals surface area contributed by atoms with Gasteiger partial charge in [0.25, 0.3) is 5.91 Å². The number of nitrogens with zero attached hydrogens (tertiary/aromatic N) is 3. The Hall–Kier alpha value is -2.29. The Bertz CT molecular complexity index is 689. The molecule has 0 fully saturated rings. The maximum absolute atomic E-state index is 13.6. The van der Waals surface area contributed by atoms with Gasteiger partial charge in [0.05, 0.1) is 18.3 Å². The minimum Gasteiger partial charge on any atom is -0.476 e. The number of hydrogen-bond acceptors (Lipinski definition) is 4. The van der Waals surface area contributed by atoms with Gasteiger partial charge in [0.1, 0.15) is 5.82 Å². The Morgan fingerprint density at radius 3 is 2.81 bits per heavy atom. The van der Waals surface area contributed by atoms with Gasteiger partial charge >= 0.3 is 5.97 Å². The van der Waals surface area contributed by atoms with E-state index in [9.17, 15) is 14.0 Å². The second kappa shape index (κ2) is 6.44. The van der Waals surface area contributed by atoms with Gasteiger partial charge in [-0.25, -0.2) is 13.9 Å². The van der Waals surface area contributed by atoms with Gasteiger partial charge in [0.15, 0.2) is 5.69 Å². The predicted octanol–water partition coefficient (Wildman–Crippen LogP) is 1.31. The maximum Gasteiger partial charge on any atom is 0.358 e. The molecular formula is C12H10BrFN4O3. The minimum absolute atomic E-state index is 0.0667. The third kappa shape index (κ3) is 3.85. The molecule has 0 unspecified atom stereocenters. The fraction of sp³-hybridized carbons (Fsp3) is 0.167. The summed E-state index contributed by atoms with van der Waals surface area (Å²) < 4.78 is 15.4. The van der Waals surface area contributed by atoms with E-state index in [0.717, 1.165) is 0 Å². The Morgan fingerprint density at radius 1 is 1.43 bits per heavy atom. The third-order valence-electron chi connectivity index (χ3n) is 2.56. The summed E-state index contributed by atoms with van der Waals surface area (Å²) in [5.74, 6) is -2.36. The van der Waals surface area contributed by atoms with Gasteiger partial charge in [-0.3, -0.25) is 4.79 Å². The molecule has 0 aliphatic rings. The summed E-state index contributed by atoms with van der Waals surface area (Å²) in [5.41, 5.74) is -0.247. The van der Waals surface area contributed by atoms with E-state index in [1.165, 1.54) is 23.0 Å². The van der Waals surface area contributed by atoms with Crippen LogP contribution in [-0.4, -0.2) is 38.5 Å². The number of carbonyl (C=O) groups excluding carboxylic acids is 1. The zero-order valence-electron chi connectivity index (χ0n) is 10.6. The molecule has 0 saturated heterocycles. The SMILES string of the molecule is O=C(O)c1cn(CCNC(=O)c2ccc(Br)cc2F)nn1. The molecule has 0 spiro atoms. The van der Waals surface area contributed by atoms with Crippen molar-refractivity contribution in [3.8, 4) is 0 Å². The van der Waals surface area contributed by atoms with Gasteiger partial charge in [-0.1, -0.05) is 21.1 Å². The van der Waals surface area contributed by atoms with Crippen LogP contribution in [0.5, 0.6) is 0 Å². The van der Waals surface area contributed by atoms with Crippen molar-refractivity contribution in [2.75, 3.05) is 6.54 Å². The number of aromatic carboxylic acids is 1. The van der Waals surface area contributed by atoms with Crippen molar-refractivity contribution in [3.63, 3.8) is 0 Å². The summed E-state index contributed by atoms with van der Waals surface area (Å²) in [7, 11) is 0. The molecule has 110 valence electrons. The van der Waals surface area contributed by atoms with Crippen LogP contribution in [0.4, 0.5) is 4.39 Å². The van der Waals surface area contributed by atoms with Gasteiger partial charge in [-0.2, -0.15) is 0 Å². The number of amides is 1. The van der Waals surface area contributed by atoms with E-state index < -0.39 is 17.7 Å². The molecule has 7 nitrogen and oxygen atoms in total. The van der Waals surface area contributed by atoms with Gasteiger partial charge in [0.2, 0.25) is 0 Å². The van der Waals surface area contributed by atoms with Gasteiger partial charge in [0, 0.05) is 11.0 Å². The third-order valence-corrected chi connectivity index (χ3v) is 3.05. The molecule has 0 atom stereocenters. The summed E-state index contributed by atoms with van der Waals surface area (Å²) in [6.07, 6.45) is 1.24. The molecule has 2 aromatic rings. The van der Waals surface area contributed by atoms with Crippen LogP contribution < -0.4 is 5.32 Å². The van der Waals surface area contributed by atoms with Crippen LogP contribution in [0.15, 0.2) is 28.9 Å². The topological polar surface area (TPSA) is 97.1 Å². The van der Waals surface area contributed by atoms with Crippen molar-refractivity contribution in [3.05, 3.63) is 45.9 Å². The molecule has 0 aliphatic carbocycles. The molecule has 0 radical (unpaired) electrons. The lowest BCUT2D eigenvalue weighted by molar-refractivity contribution is 0.0690. The van der Waals surface area contributed by atoms with Crippen molar-refractivity contribution < 1.29 is 19.1 Å². The van der Waals surface area contributed by atoms with Crippen LogP contribution in [0.1, 0.15) is 20.8 Å². The van der Waals surface area contributed by atoms with Crippen LogP contribution in [0.25, 0.3) is 0 Å². The summed E-state index contributed by atoms with van der Waals surface area (Å²) in [4.78, 5) is 22.4. The Morgan fingerprint density at radius 2 is 2.19 bits per heavy atom. The average Bonchev–Trinajstić information content (AvgIpc) is 2.87. The smallest absolute Gasteiger partial charge is 0.358 e. The molecule has 0 aliphatic heterocycles. The number of benzene rings is 1. The largest absolute Gasteiger partial charge is 0.476 e. The van der Waals surface area contributed by atoms with Gasteiger partial charge in [-0.05, 0) is 18.2 Å². The fourth-order valence-electron chi connectivity index (χ4n) is 1.56. The Balaban J connectivity index is 1.90. The predicted molar refractivity (Wildman–Crippen MR) is 73.4 cm³/mol. The van der Waals surface area contributed by atoms with Gasteiger partial charge in [-0.15, -0.1) is 5.10 Å². The molecule has 0 saturated carbocycles. The average molecular weight is 357 g/mol. The zero-order valence-corrected chi connectivity index (χ0v) is 12.2. The normalized spacial score (nSPS) is 10.4. The van der Waals surface area contributed by atoms with Crippen molar-refractivity contribution in [2.45, 2.75) is 6.54 Å². The lowest BCUT2D eigenvalue weighted by Gasteiger charge is -2.06. The van der Waals surface area contributed by atoms with Crippen LogP contribution in [0.3, 0.4) is 0 Å². The number of carbonyl (C=O) groups is 2. The minimum atomic E-state index is -1.18. The Kier molecular flexibility index (Phi) is 4.63. The lowest BCUT2D eigenvalue weighted by Crippen LogP contribution is -2.28. The quantitative estimate of drug-likeness (QED) is 0.841. The lowest BCUT2D eigenvalue weighted by atomic mass is 10.2. The van der Waals surface area contributed by atoms with Crippen LogP contribution in [-0.2, 0) is 6.54 Å². The van der Waals surface area contributed by atoms with Crippen LogP contribution in [0.2, 0.25) is 0 Å². The van der Waals surface area contributed by atoms with Crippen molar-refractivity contribution in [1.82, 2.24) is 20.3 Å². The second-order valence-electron chi connectivity index (χ2n) is 4.05. The zero-order chi connectivity index (χ0) is 15.4. The summed E-state index contributed by atoms with van der Waals surface area (Å²) >= 11 is 3.10. The van der Waals surface area contributed by atoms with E-state index in [0.29, 0.717) is 4.47 Å². The highest BCUT2D eigenvalue weighted by atomic mass is 79.9. The number of nitrogens with one attached hydrogen (secondary N) is 1.